The van der Waals surface area contributed by atoms with Crippen molar-refractivity contribution in [3.8, 4) is 5.75 Å². The number of ether oxygens (including phenoxy) is 1. The van der Waals surface area contributed by atoms with Crippen LogP contribution in [0, 0.1) is 12.8 Å². The van der Waals surface area contributed by atoms with E-state index in [1.165, 1.54) is 0 Å². The zero-order valence-corrected chi connectivity index (χ0v) is 10.3. The molecule has 0 aliphatic rings. The summed E-state index contributed by atoms with van der Waals surface area (Å²) >= 11 is 0. The second kappa shape index (κ2) is 5.12. The summed E-state index contributed by atoms with van der Waals surface area (Å²) in [6, 6.07) is 5.06. The lowest BCUT2D eigenvalue weighted by molar-refractivity contribution is 0.0937. The molecule has 0 amide bonds. The van der Waals surface area contributed by atoms with Crippen molar-refractivity contribution < 1.29 is 9.53 Å². The predicted octanol–water partition coefficient (Wildman–Crippen LogP) is 2.17. The minimum Gasteiger partial charge on any atom is -0.496 e. The molecule has 2 N–H and O–H groups in total. The topological polar surface area (TPSA) is 52.3 Å². The molecule has 0 heterocycles. The van der Waals surface area contributed by atoms with Gasteiger partial charge in [-0.15, -0.1) is 0 Å². The van der Waals surface area contributed by atoms with Gasteiger partial charge in [-0.2, -0.15) is 0 Å². The second-order valence-corrected chi connectivity index (χ2v) is 4.34. The highest BCUT2D eigenvalue weighted by molar-refractivity contribution is 6.02. The standard InChI is InChI=1S/C13H19NO2/c1-8(2)12(14)13(15)10-7-9(3)5-6-11(10)16-4/h5-8,12H,14H2,1-4H3. The van der Waals surface area contributed by atoms with Gasteiger partial charge in [0.25, 0.3) is 0 Å². The van der Waals surface area contributed by atoms with Gasteiger partial charge in [-0.1, -0.05) is 25.5 Å². The van der Waals surface area contributed by atoms with E-state index in [1.807, 2.05) is 32.9 Å². The summed E-state index contributed by atoms with van der Waals surface area (Å²) in [7, 11) is 1.56. The molecule has 3 heteroatoms. The van der Waals surface area contributed by atoms with Crippen molar-refractivity contribution in [2.75, 3.05) is 7.11 Å². The van der Waals surface area contributed by atoms with Crippen molar-refractivity contribution in [2.45, 2.75) is 26.8 Å². The Bertz CT molecular complexity index is 386. The molecule has 1 aromatic rings. The summed E-state index contributed by atoms with van der Waals surface area (Å²) in [4.78, 5) is 12.1. The van der Waals surface area contributed by atoms with Crippen LogP contribution in [0.5, 0.6) is 5.75 Å². The minimum atomic E-state index is -0.476. The number of hydrogen-bond acceptors (Lipinski definition) is 3. The number of methoxy groups -OCH3 is 1. The van der Waals surface area contributed by atoms with Crippen molar-refractivity contribution >= 4 is 5.78 Å². The first-order chi connectivity index (χ1) is 7.47. The molecule has 0 saturated heterocycles. The molecule has 1 atom stereocenters. The number of rotatable bonds is 4. The average Bonchev–Trinajstić information content (AvgIpc) is 2.26. The summed E-state index contributed by atoms with van der Waals surface area (Å²) in [6.07, 6.45) is 0. The average molecular weight is 221 g/mol. The predicted molar refractivity (Wildman–Crippen MR) is 64.9 cm³/mol. The number of nitrogens with two attached hydrogens (primary N) is 1. The number of carbonyl (C=O) groups is 1. The van der Waals surface area contributed by atoms with Crippen molar-refractivity contribution in [3.63, 3.8) is 0 Å². The van der Waals surface area contributed by atoms with E-state index in [1.54, 1.807) is 13.2 Å². The number of carbonyl (C=O) groups excluding carboxylic acids is 1. The van der Waals surface area contributed by atoms with Crippen LogP contribution in [0.25, 0.3) is 0 Å². The molecule has 0 aromatic heterocycles. The Balaban J connectivity index is 3.11. The third-order valence-electron chi connectivity index (χ3n) is 2.64. The number of hydrogen-bond donors (Lipinski definition) is 1. The van der Waals surface area contributed by atoms with Gasteiger partial charge < -0.3 is 10.5 Å². The fourth-order valence-electron chi connectivity index (χ4n) is 1.50. The molecule has 0 fully saturated rings. The van der Waals surface area contributed by atoms with Crippen LogP contribution < -0.4 is 10.5 Å². The zero-order chi connectivity index (χ0) is 12.3. The van der Waals surface area contributed by atoms with Crippen LogP contribution in [-0.4, -0.2) is 18.9 Å². The molecule has 0 bridgehead atoms. The van der Waals surface area contributed by atoms with Gasteiger partial charge in [-0.05, 0) is 25.0 Å². The highest BCUT2D eigenvalue weighted by Crippen LogP contribution is 2.22. The molecule has 1 aromatic carbocycles. The van der Waals surface area contributed by atoms with Gasteiger partial charge in [0.05, 0.1) is 18.7 Å². The van der Waals surface area contributed by atoms with Crippen LogP contribution in [0.4, 0.5) is 0 Å². The summed E-state index contributed by atoms with van der Waals surface area (Å²) < 4.78 is 5.17. The number of Topliss-reactive ketones (excluding diaryl/α,β-unsaturated/α-hetero) is 1. The van der Waals surface area contributed by atoms with Crippen LogP contribution >= 0.6 is 0 Å². The zero-order valence-electron chi connectivity index (χ0n) is 10.3. The lowest BCUT2D eigenvalue weighted by atomic mass is 9.94. The molecular weight excluding hydrogens is 202 g/mol. The maximum absolute atomic E-state index is 12.1. The van der Waals surface area contributed by atoms with Crippen molar-refractivity contribution in [1.82, 2.24) is 0 Å². The third kappa shape index (κ3) is 2.61. The maximum atomic E-state index is 12.1. The Morgan fingerprint density at radius 1 is 1.38 bits per heavy atom. The van der Waals surface area contributed by atoms with Gasteiger partial charge in [0.2, 0.25) is 0 Å². The van der Waals surface area contributed by atoms with Crippen molar-refractivity contribution in [2.24, 2.45) is 11.7 Å². The summed E-state index contributed by atoms with van der Waals surface area (Å²) in [5.74, 6) is 0.653. The molecule has 0 aliphatic carbocycles. The molecule has 0 spiro atoms. The SMILES string of the molecule is COc1ccc(C)cc1C(=O)C(N)C(C)C. The van der Waals surface area contributed by atoms with Gasteiger partial charge in [-0.25, -0.2) is 0 Å². The molecule has 16 heavy (non-hydrogen) atoms. The lowest BCUT2D eigenvalue weighted by Gasteiger charge is -2.16. The second-order valence-electron chi connectivity index (χ2n) is 4.34. The van der Waals surface area contributed by atoms with E-state index in [2.05, 4.69) is 0 Å². The molecule has 0 radical (unpaired) electrons. The molecule has 3 nitrogen and oxygen atoms in total. The fraction of sp³-hybridized carbons (Fsp3) is 0.462. The van der Waals surface area contributed by atoms with E-state index < -0.39 is 6.04 Å². The van der Waals surface area contributed by atoms with E-state index in [4.69, 9.17) is 10.5 Å². The van der Waals surface area contributed by atoms with Gasteiger partial charge in [0.15, 0.2) is 5.78 Å². The van der Waals surface area contributed by atoms with Crippen LogP contribution in [0.3, 0.4) is 0 Å². The van der Waals surface area contributed by atoms with Gasteiger partial charge in [-0.3, -0.25) is 4.79 Å². The summed E-state index contributed by atoms with van der Waals surface area (Å²) in [6.45, 7) is 5.81. The first kappa shape index (κ1) is 12.7. The highest BCUT2D eigenvalue weighted by Gasteiger charge is 2.22. The maximum Gasteiger partial charge on any atom is 0.183 e. The Morgan fingerprint density at radius 3 is 2.50 bits per heavy atom. The number of aryl methyl sites for hydroxylation is 1. The quantitative estimate of drug-likeness (QED) is 0.793. The monoisotopic (exact) mass is 221 g/mol. The Morgan fingerprint density at radius 2 is 2.00 bits per heavy atom. The first-order valence-corrected chi connectivity index (χ1v) is 5.41. The third-order valence-corrected chi connectivity index (χ3v) is 2.64. The Kier molecular flexibility index (Phi) is 4.07. The van der Waals surface area contributed by atoms with Gasteiger partial charge >= 0.3 is 0 Å². The highest BCUT2D eigenvalue weighted by atomic mass is 16.5. The molecule has 88 valence electrons. The van der Waals surface area contributed by atoms with Crippen LogP contribution in [-0.2, 0) is 0 Å². The van der Waals surface area contributed by atoms with Crippen molar-refractivity contribution in [1.29, 1.82) is 0 Å². The molecule has 1 unspecified atom stereocenters. The minimum absolute atomic E-state index is 0.0597. The summed E-state index contributed by atoms with van der Waals surface area (Å²) in [5, 5.41) is 0. The Hall–Kier alpha value is -1.35. The number of benzene rings is 1. The molecule has 0 saturated carbocycles. The molecule has 0 aliphatic heterocycles. The van der Waals surface area contributed by atoms with E-state index in [0.29, 0.717) is 11.3 Å². The normalized spacial score (nSPS) is 12.6. The van der Waals surface area contributed by atoms with E-state index in [0.717, 1.165) is 5.56 Å². The van der Waals surface area contributed by atoms with Crippen LogP contribution in [0.15, 0.2) is 18.2 Å². The largest absolute Gasteiger partial charge is 0.496 e. The molecule has 1 rings (SSSR count). The molecular formula is C13H19NO2. The first-order valence-electron chi connectivity index (χ1n) is 5.41. The van der Waals surface area contributed by atoms with Crippen molar-refractivity contribution in [3.05, 3.63) is 29.3 Å². The van der Waals surface area contributed by atoms with Gasteiger partial charge in [0.1, 0.15) is 5.75 Å². The van der Waals surface area contributed by atoms with E-state index in [-0.39, 0.29) is 11.7 Å². The summed E-state index contributed by atoms with van der Waals surface area (Å²) in [5.41, 5.74) is 7.46. The lowest BCUT2D eigenvalue weighted by Crippen LogP contribution is -2.35. The Labute approximate surface area is 96.6 Å². The van der Waals surface area contributed by atoms with Crippen LogP contribution in [0.2, 0.25) is 0 Å². The fourth-order valence-corrected chi connectivity index (χ4v) is 1.50. The van der Waals surface area contributed by atoms with Gasteiger partial charge in [0, 0.05) is 0 Å². The number of ketones is 1. The van der Waals surface area contributed by atoms with E-state index in [9.17, 15) is 4.79 Å². The van der Waals surface area contributed by atoms with Crippen LogP contribution in [0.1, 0.15) is 29.8 Å². The smallest absolute Gasteiger partial charge is 0.183 e. The van der Waals surface area contributed by atoms with E-state index >= 15 is 0 Å².